The number of ether oxygens (including phenoxy) is 2. The SMILES string of the molecule is CCOC(=O)Cc1ccc(NC(=CC(=O)OC(C)CC)CC(=O)O)cc1. The van der Waals surface area contributed by atoms with E-state index in [0.29, 0.717) is 18.7 Å². The smallest absolute Gasteiger partial charge is 0.332 e. The maximum Gasteiger partial charge on any atom is 0.332 e. The summed E-state index contributed by atoms with van der Waals surface area (Å²) in [5.41, 5.74) is 1.58. The van der Waals surface area contributed by atoms with Gasteiger partial charge in [0.2, 0.25) is 0 Å². The van der Waals surface area contributed by atoms with Gasteiger partial charge in [0.1, 0.15) is 0 Å². The molecule has 0 saturated carbocycles. The fourth-order valence-corrected chi connectivity index (χ4v) is 2.02. The lowest BCUT2D eigenvalue weighted by Crippen LogP contribution is -2.14. The summed E-state index contributed by atoms with van der Waals surface area (Å²) in [5, 5.41) is 11.9. The van der Waals surface area contributed by atoms with E-state index in [2.05, 4.69) is 5.32 Å². The molecular formula is C19H25NO6. The summed E-state index contributed by atoms with van der Waals surface area (Å²) >= 11 is 0. The summed E-state index contributed by atoms with van der Waals surface area (Å²) < 4.78 is 10.0. The van der Waals surface area contributed by atoms with Crippen LogP contribution < -0.4 is 5.32 Å². The number of carbonyl (C=O) groups is 3. The van der Waals surface area contributed by atoms with E-state index in [1.807, 2.05) is 6.92 Å². The Kier molecular flexibility index (Phi) is 8.91. The van der Waals surface area contributed by atoms with Crippen molar-refractivity contribution in [3.05, 3.63) is 41.6 Å². The Morgan fingerprint density at radius 2 is 1.85 bits per heavy atom. The van der Waals surface area contributed by atoms with Crippen molar-refractivity contribution in [2.75, 3.05) is 11.9 Å². The second-order valence-corrected chi connectivity index (χ2v) is 5.70. The predicted molar refractivity (Wildman–Crippen MR) is 96.6 cm³/mol. The highest BCUT2D eigenvalue weighted by Crippen LogP contribution is 2.15. The first kappa shape index (κ1) is 21.2. The van der Waals surface area contributed by atoms with Gasteiger partial charge in [0.25, 0.3) is 0 Å². The van der Waals surface area contributed by atoms with E-state index in [-0.39, 0.29) is 30.6 Å². The van der Waals surface area contributed by atoms with E-state index in [1.165, 1.54) is 0 Å². The van der Waals surface area contributed by atoms with Gasteiger partial charge in [-0.25, -0.2) is 4.79 Å². The molecule has 0 fully saturated rings. The van der Waals surface area contributed by atoms with Crippen molar-refractivity contribution in [3.8, 4) is 0 Å². The molecule has 0 bridgehead atoms. The molecule has 142 valence electrons. The molecule has 1 aromatic rings. The predicted octanol–water partition coefficient (Wildman–Crippen LogP) is 2.90. The fourth-order valence-electron chi connectivity index (χ4n) is 2.02. The average Bonchev–Trinajstić information content (AvgIpc) is 2.56. The molecule has 26 heavy (non-hydrogen) atoms. The summed E-state index contributed by atoms with van der Waals surface area (Å²) in [6.45, 7) is 5.72. The van der Waals surface area contributed by atoms with Gasteiger partial charge in [0.15, 0.2) is 0 Å². The average molecular weight is 363 g/mol. The Morgan fingerprint density at radius 3 is 2.38 bits per heavy atom. The minimum atomic E-state index is -1.07. The molecule has 0 aromatic heterocycles. The first-order chi connectivity index (χ1) is 12.3. The van der Waals surface area contributed by atoms with Crippen LogP contribution in [-0.4, -0.2) is 35.7 Å². The van der Waals surface area contributed by atoms with Crippen LogP contribution in [-0.2, 0) is 30.3 Å². The topological polar surface area (TPSA) is 102 Å². The van der Waals surface area contributed by atoms with Crippen molar-refractivity contribution in [1.82, 2.24) is 0 Å². The normalized spacial score (nSPS) is 12.2. The van der Waals surface area contributed by atoms with Gasteiger partial charge in [0.05, 0.1) is 25.6 Å². The third-order valence-electron chi connectivity index (χ3n) is 3.44. The second kappa shape index (κ2) is 10.9. The number of hydrogen-bond donors (Lipinski definition) is 2. The van der Waals surface area contributed by atoms with Crippen molar-refractivity contribution in [2.45, 2.75) is 46.1 Å². The van der Waals surface area contributed by atoms with E-state index in [9.17, 15) is 14.4 Å². The number of benzene rings is 1. The number of anilines is 1. The number of hydrogen-bond acceptors (Lipinski definition) is 6. The molecule has 7 heteroatoms. The quantitative estimate of drug-likeness (QED) is 0.487. The Balaban J connectivity index is 2.79. The molecular weight excluding hydrogens is 338 g/mol. The zero-order valence-corrected chi connectivity index (χ0v) is 15.3. The van der Waals surface area contributed by atoms with Crippen LogP contribution >= 0.6 is 0 Å². The highest BCUT2D eigenvalue weighted by Gasteiger charge is 2.11. The van der Waals surface area contributed by atoms with Gasteiger partial charge in [-0.2, -0.15) is 0 Å². The van der Waals surface area contributed by atoms with Crippen LogP contribution in [0.3, 0.4) is 0 Å². The van der Waals surface area contributed by atoms with Crippen LogP contribution in [0.1, 0.15) is 39.2 Å². The van der Waals surface area contributed by atoms with E-state index >= 15 is 0 Å². The van der Waals surface area contributed by atoms with Crippen LogP contribution in [0.4, 0.5) is 5.69 Å². The first-order valence-electron chi connectivity index (χ1n) is 8.48. The highest BCUT2D eigenvalue weighted by atomic mass is 16.5. The molecule has 0 aliphatic rings. The monoisotopic (exact) mass is 363 g/mol. The molecule has 0 aliphatic carbocycles. The van der Waals surface area contributed by atoms with Gasteiger partial charge < -0.3 is 19.9 Å². The Labute approximate surface area is 153 Å². The fraction of sp³-hybridized carbons (Fsp3) is 0.421. The molecule has 0 radical (unpaired) electrons. The maximum absolute atomic E-state index is 11.8. The maximum atomic E-state index is 11.8. The molecule has 1 unspecified atom stereocenters. The molecule has 2 N–H and O–H groups in total. The van der Waals surface area contributed by atoms with E-state index in [4.69, 9.17) is 14.6 Å². The van der Waals surface area contributed by atoms with Crippen LogP contribution in [0.25, 0.3) is 0 Å². The first-order valence-corrected chi connectivity index (χ1v) is 8.48. The van der Waals surface area contributed by atoms with Crippen molar-refractivity contribution < 1.29 is 29.0 Å². The highest BCUT2D eigenvalue weighted by molar-refractivity contribution is 5.85. The molecule has 0 amide bonds. The van der Waals surface area contributed by atoms with Gasteiger partial charge in [-0.3, -0.25) is 9.59 Å². The lowest BCUT2D eigenvalue weighted by atomic mass is 10.1. The number of esters is 2. The number of rotatable bonds is 10. The lowest BCUT2D eigenvalue weighted by Gasteiger charge is -2.12. The summed E-state index contributed by atoms with van der Waals surface area (Å²) in [6.07, 6.45) is 1.38. The van der Waals surface area contributed by atoms with Gasteiger partial charge in [0, 0.05) is 17.5 Å². The Hall–Kier alpha value is -2.83. The number of carboxylic acid groups (broad SMARTS) is 1. The van der Waals surface area contributed by atoms with E-state index < -0.39 is 11.9 Å². The standard InChI is InChI=1S/C19H25NO6/c1-4-13(3)26-19(24)12-16(11-17(21)22)20-15-8-6-14(7-9-15)10-18(23)25-5-2/h6-9,12-13,20H,4-5,10-11H2,1-3H3,(H,21,22). The molecule has 1 aromatic carbocycles. The minimum Gasteiger partial charge on any atom is -0.481 e. The molecule has 1 rings (SSSR count). The van der Waals surface area contributed by atoms with E-state index in [0.717, 1.165) is 11.6 Å². The molecule has 7 nitrogen and oxygen atoms in total. The zero-order chi connectivity index (χ0) is 19.5. The third kappa shape index (κ3) is 8.32. The summed E-state index contributed by atoms with van der Waals surface area (Å²) in [5.74, 6) is -1.98. The molecule has 0 saturated heterocycles. The van der Waals surface area contributed by atoms with E-state index in [1.54, 1.807) is 38.1 Å². The van der Waals surface area contributed by atoms with Gasteiger partial charge in [-0.1, -0.05) is 19.1 Å². The lowest BCUT2D eigenvalue weighted by molar-refractivity contribution is -0.143. The second-order valence-electron chi connectivity index (χ2n) is 5.70. The zero-order valence-electron chi connectivity index (χ0n) is 15.3. The summed E-state index contributed by atoms with van der Waals surface area (Å²) in [7, 11) is 0. The van der Waals surface area contributed by atoms with Crippen LogP contribution in [0.15, 0.2) is 36.0 Å². The third-order valence-corrected chi connectivity index (χ3v) is 3.44. The van der Waals surface area contributed by atoms with Gasteiger partial charge in [-0.15, -0.1) is 0 Å². The van der Waals surface area contributed by atoms with Crippen LogP contribution in [0.2, 0.25) is 0 Å². The van der Waals surface area contributed by atoms with Crippen molar-refractivity contribution >= 4 is 23.6 Å². The summed E-state index contributed by atoms with van der Waals surface area (Å²) in [6, 6.07) is 6.86. The summed E-state index contributed by atoms with van der Waals surface area (Å²) in [4.78, 5) is 34.3. The number of carboxylic acids is 1. The van der Waals surface area contributed by atoms with Crippen molar-refractivity contribution in [2.24, 2.45) is 0 Å². The van der Waals surface area contributed by atoms with Crippen LogP contribution in [0.5, 0.6) is 0 Å². The minimum absolute atomic E-state index is 0.160. The molecule has 0 heterocycles. The van der Waals surface area contributed by atoms with Gasteiger partial charge in [-0.05, 0) is 38.0 Å². The Morgan fingerprint density at radius 1 is 1.19 bits per heavy atom. The number of aliphatic carboxylic acids is 1. The largest absolute Gasteiger partial charge is 0.481 e. The number of nitrogens with one attached hydrogen (secondary N) is 1. The van der Waals surface area contributed by atoms with Crippen molar-refractivity contribution in [1.29, 1.82) is 0 Å². The van der Waals surface area contributed by atoms with Gasteiger partial charge >= 0.3 is 17.9 Å². The number of carbonyl (C=O) groups excluding carboxylic acids is 2. The van der Waals surface area contributed by atoms with Crippen LogP contribution in [0, 0.1) is 0 Å². The van der Waals surface area contributed by atoms with Crippen molar-refractivity contribution in [3.63, 3.8) is 0 Å². The Bertz CT molecular complexity index is 650. The molecule has 0 spiro atoms. The molecule has 1 atom stereocenters. The molecule has 0 aliphatic heterocycles.